The highest BCUT2D eigenvalue weighted by Gasteiger charge is 2.24. The van der Waals surface area contributed by atoms with Crippen LogP contribution in [0, 0.1) is 0 Å². The van der Waals surface area contributed by atoms with Gasteiger partial charge in [-0.25, -0.2) is 0 Å². The van der Waals surface area contributed by atoms with Crippen LogP contribution in [0.4, 0.5) is 0 Å². The molecule has 0 aromatic heterocycles. The van der Waals surface area contributed by atoms with E-state index in [0.717, 1.165) is 57.0 Å². The molecule has 0 atom stereocenters. The minimum atomic E-state index is 0.191. The molecule has 136 valence electrons. The van der Waals surface area contributed by atoms with Crippen molar-refractivity contribution in [2.45, 2.75) is 24.2 Å². The molecule has 2 aliphatic rings. The van der Waals surface area contributed by atoms with E-state index in [9.17, 15) is 9.59 Å². The van der Waals surface area contributed by atoms with Gasteiger partial charge in [-0.15, -0.1) is 11.8 Å². The molecule has 0 spiro atoms. The lowest BCUT2D eigenvalue weighted by atomic mass is 10.1. The molecule has 25 heavy (non-hydrogen) atoms. The van der Waals surface area contributed by atoms with Crippen LogP contribution in [0.3, 0.4) is 0 Å². The first kappa shape index (κ1) is 18.3. The number of piperidine rings is 1. The molecule has 0 radical (unpaired) electrons. The van der Waals surface area contributed by atoms with Crippen molar-refractivity contribution >= 4 is 23.6 Å². The maximum Gasteiger partial charge on any atom is 0.236 e. The van der Waals surface area contributed by atoms with Gasteiger partial charge in [-0.2, -0.15) is 0 Å². The van der Waals surface area contributed by atoms with Crippen LogP contribution < -0.4 is 0 Å². The van der Waals surface area contributed by atoms with E-state index in [-0.39, 0.29) is 11.8 Å². The lowest BCUT2D eigenvalue weighted by Gasteiger charge is -2.36. The number of benzene rings is 1. The van der Waals surface area contributed by atoms with Gasteiger partial charge in [0.15, 0.2) is 0 Å². The average molecular weight is 362 g/mol. The van der Waals surface area contributed by atoms with E-state index in [4.69, 9.17) is 0 Å². The number of piperazine rings is 1. The van der Waals surface area contributed by atoms with Gasteiger partial charge in [0.2, 0.25) is 11.8 Å². The van der Waals surface area contributed by atoms with Crippen molar-refractivity contribution in [2.75, 3.05) is 51.6 Å². The van der Waals surface area contributed by atoms with Gasteiger partial charge in [0.25, 0.3) is 0 Å². The predicted molar refractivity (Wildman–Crippen MR) is 101 cm³/mol. The van der Waals surface area contributed by atoms with Crippen LogP contribution in [-0.2, 0) is 9.59 Å². The number of amides is 2. The molecule has 5 nitrogen and oxygen atoms in total. The number of hydrogen-bond acceptors (Lipinski definition) is 4. The maximum absolute atomic E-state index is 12.4. The summed E-state index contributed by atoms with van der Waals surface area (Å²) >= 11 is 1.59. The quantitative estimate of drug-likeness (QED) is 0.752. The third-order valence-electron chi connectivity index (χ3n) is 4.90. The Labute approximate surface area is 154 Å². The number of thioether (sulfide) groups is 1. The maximum atomic E-state index is 12.4. The number of rotatable bonds is 5. The van der Waals surface area contributed by atoms with E-state index in [2.05, 4.69) is 4.90 Å². The zero-order chi connectivity index (χ0) is 17.5. The Balaban J connectivity index is 1.37. The monoisotopic (exact) mass is 361 g/mol. The van der Waals surface area contributed by atoms with Crippen LogP contribution in [-0.4, -0.2) is 78.1 Å². The second-order valence-electron chi connectivity index (χ2n) is 6.70. The Kier molecular flexibility index (Phi) is 6.76. The van der Waals surface area contributed by atoms with E-state index in [1.165, 1.54) is 6.42 Å². The van der Waals surface area contributed by atoms with Crippen molar-refractivity contribution < 1.29 is 9.59 Å². The number of hydrogen-bond donors (Lipinski definition) is 0. The minimum absolute atomic E-state index is 0.191. The SMILES string of the molecule is O=C(CSc1ccccc1)N1CCN(CC(=O)N2CCCCC2)CC1. The van der Waals surface area contributed by atoms with Gasteiger partial charge in [-0.1, -0.05) is 18.2 Å². The summed E-state index contributed by atoms with van der Waals surface area (Å²) in [5, 5.41) is 0. The number of carbonyl (C=O) groups excluding carboxylic acids is 2. The lowest BCUT2D eigenvalue weighted by molar-refractivity contribution is -0.134. The summed E-state index contributed by atoms with van der Waals surface area (Å²) in [6, 6.07) is 10.0. The minimum Gasteiger partial charge on any atom is -0.342 e. The summed E-state index contributed by atoms with van der Waals surface area (Å²) in [6.45, 7) is 5.36. The van der Waals surface area contributed by atoms with Gasteiger partial charge in [-0.3, -0.25) is 14.5 Å². The normalized spacial score (nSPS) is 19.0. The standard InChI is InChI=1S/C19H27N3O2S/c23-18(21-9-5-2-6-10-21)15-20-11-13-22(14-12-20)19(24)16-25-17-7-3-1-4-8-17/h1,3-4,7-8H,2,5-6,9-16H2. The van der Waals surface area contributed by atoms with Crippen LogP contribution in [0.25, 0.3) is 0 Å². The van der Waals surface area contributed by atoms with Crippen molar-refractivity contribution in [3.63, 3.8) is 0 Å². The molecule has 2 fully saturated rings. The summed E-state index contributed by atoms with van der Waals surface area (Å²) in [4.78, 5) is 31.9. The Morgan fingerprint density at radius 2 is 1.44 bits per heavy atom. The summed E-state index contributed by atoms with van der Waals surface area (Å²) in [5.74, 6) is 0.923. The highest BCUT2D eigenvalue weighted by atomic mass is 32.2. The van der Waals surface area contributed by atoms with Crippen molar-refractivity contribution in [2.24, 2.45) is 0 Å². The van der Waals surface area contributed by atoms with Gasteiger partial charge < -0.3 is 9.80 Å². The summed E-state index contributed by atoms with van der Waals surface area (Å²) in [7, 11) is 0. The first-order valence-electron chi connectivity index (χ1n) is 9.18. The fraction of sp³-hybridized carbons (Fsp3) is 0.579. The van der Waals surface area contributed by atoms with Gasteiger partial charge in [0, 0.05) is 44.2 Å². The van der Waals surface area contributed by atoms with Gasteiger partial charge >= 0.3 is 0 Å². The first-order chi connectivity index (χ1) is 12.2. The molecule has 0 bridgehead atoms. The molecular formula is C19H27N3O2S. The van der Waals surface area contributed by atoms with Gasteiger partial charge in [0.1, 0.15) is 0 Å². The lowest BCUT2D eigenvalue weighted by Crippen LogP contribution is -2.52. The Morgan fingerprint density at radius 1 is 0.800 bits per heavy atom. The molecule has 0 N–H and O–H groups in total. The second-order valence-corrected chi connectivity index (χ2v) is 7.75. The summed E-state index contributed by atoms with van der Waals surface area (Å²) in [6.07, 6.45) is 3.51. The van der Waals surface area contributed by atoms with Crippen molar-refractivity contribution in [3.05, 3.63) is 30.3 Å². The van der Waals surface area contributed by atoms with Crippen molar-refractivity contribution in [1.82, 2.24) is 14.7 Å². The van der Waals surface area contributed by atoms with Gasteiger partial charge in [0.05, 0.1) is 12.3 Å². The summed E-state index contributed by atoms with van der Waals surface area (Å²) in [5.41, 5.74) is 0. The molecule has 0 aliphatic carbocycles. The van der Waals surface area contributed by atoms with Crippen LogP contribution in [0.2, 0.25) is 0 Å². The zero-order valence-electron chi connectivity index (χ0n) is 14.7. The number of carbonyl (C=O) groups is 2. The molecule has 2 aliphatic heterocycles. The zero-order valence-corrected chi connectivity index (χ0v) is 15.5. The molecule has 1 aromatic carbocycles. The molecule has 1 aromatic rings. The van der Waals surface area contributed by atoms with E-state index < -0.39 is 0 Å². The van der Waals surface area contributed by atoms with E-state index in [0.29, 0.717) is 12.3 Å². The summed E-state index contributed by atoms with van der Waals surface area (Å²) < 4.78 is 0. The molecule has 0 unspecified atom stereocenters. The predicted octanol–water partition coefficient (Wildman–Crippen LogP) is 1.94. The van der Waals surface area contributed by atoms with Crippen LogP contribution in [0.15, 0.2) is 35.2 Å². The fourth-order valence-corrected chi connectivity index (χ4v) is 4.17. The van der Waals surface area contributed by atoms with E-state index in [1.807, 2.05) is 40.1 Å². The fourth-order valence-electron chi connectivity index (χ4n) is 3.34. The van der Waals surface area contributed by atoms with Crippen LogP contribution in [0.1, 0.15) is 19.3 Å². The third-order valence-corrected chi connectivity index (χ3v) is 5.89. The molecule has 3 rings (SSSR count). The smallest absolute Gasteiger partial charge is 0.236 e. The highest BCUT2D eigenvalue weighted by Crippen LogP contribution is 2.18. The van der Waals surface area contributed by atoms with E-state index >= 15 is 0 Å². The number of nitrogens with zero attached hydrogens (tertiary/aromatic N) is 3. The largest absolute Gasteiger partial charge is 0.342 e. The van der Waals surface area contributed by atoms with Gasteiger partial charge in [-0.05, 0) is 31.4 Å². The molecule has 2 saturated heterocycles. The molecule has 2 heterocycles. The average Bonchev–Trinajstić information content (AvgIpc) is 2.68. The molecule has 6 heteroatoms. The molecule has 0 saturated carbocycles. The van der Waals surface area contributed by atoms with Crippen molar-refractivity contribution in [3.8, 4) is 0 Å². The Morgan fingerprint density at radius 3 is 2.12 bits per heavy atom. The van der Waals surface area contributed by atoms with Crippen LogP contribution >= 0.6 is 11.8 Å². The first-order valence-corrected chi connectivity index (χ1v) is 10.2. The number of likely N-dealkylation sites (tertiary alicyclic amines) is 1. The second kappa shape index (κ2) is 9.25. The van der Waals surface area contributed by atoms with Crippen molar-refractivity contribution in [1.29, 1.82) is 0 Å². The Hall–Kier alpha value is -1.53. The third kappa shape index (κ3) is 5.47. The van der Waals surface area contributed by atoms with E-state index in [1.54, 1.807) is 11.8 Å². The highest BCUT2D eigenvalue weighted by molar-refractivity contribution is 8.00. The topological polar surface area (TPSA) is 43.9 Å². The Bertz CT molecular complexity index is 567. The van der Waals surface area contributed by atoms with Crippen LogP contribution in [0.5, 0.6) is 0 Å². The molecular weight excluding hydrogens is 334 g/mol. The molecule has 2 amide bonds.